The van der Waals surface area contributed by atoms with E-state index in [0.717, 1.165) is 3.57 Å². The Labute approximate surface area is 72.7 Å². The van der Waals surface area contributed by atoms with Crippen molar-refractivity contribution >= 4 is 39.7 Å². The standard InChI is InChI=1S/C6H8IN3/c7-5-3(8)1-2-4(9)6(5)10/h1-2H,8-10H2. The van der Waals surface area contributed by atoms with Gasteiger partial charge in [-0.25, -0.2) is 0 Å². The van der Waals surface area contributed by atoms with Gasteiger partial charge >= 0.3 is 0 Å². The zero-order valence-electron chi connectivity index (χ0n) is 5.26. The van der Waals surface area contributed by atoms with Gasteiger partial charge in [0, 0.05) is 5.69 Å². The molecule has 10 heavy (non-hydrogen) atoms. The summed E-state index contributed by atoms with van der Waals surface area (Å²) in [6.45, 7) is 0. The van der Waals surface area contributed by atoms with E-state index in [9.17, 15) is 0 Å². The molecule has 0 aliphatic rings. The Morgan fingerprint density at radius 1 is 1.00 bits per heavy atom. The largest absolute Gasteiger partial charge is 0.398 e. The van der Waals surface area contributed by atoms with Gasteiger partial charge < -0.3 is 17.2 Å². The molecule has 4 heteroatoms. The van der Waals surface area contributed by atoms with Crippen molar-refractivity contribution in [1.29, 1.82) is 0 Å². The lowest BCUT2D eigenvalue weighted by Crippen LogP contribution is -2.00. The average Bonchev–Trinajstić information content (AvgIpc) is 1.93. The quantitative estimate of drug-likeness (QED) is 0.474. The first kappa shape index (κ1) is 7.46. The van der Waals surface area contributed by atoms with Gasteiger partial charge in [-0.3, -0.25) is 0 Å². The number of benzene rings is 1. The highest BCUT2D eigenvalue weighted by Gasteiger charge is 2.01. The smallest absolute Gasteiger partial charge is 0.0704 e. The molecule has 3 nitrogen and oxygen atoms in total. The van der Waals surface area contributed by atoms with Gasteiger partial charge in [0.15, 0.2) is 0 Å². The van der Waals surface area contributed by atoms with Crippen LogP contribution in [0.5, 0.6) is 0 Å². The third-order valence-corrected chi connectivity index (χ3v) is 2.45. The molecule has 54 valence electrons. The lowest BCUT2D eigenvalue weighted by atomic mass is 10.2. The minimum absolute atomic E-state index is 0.570. The summed E-state index contributed by atoms with van der Waals surface area (Å²) in [6, 6.07) is 3.44. The van der Waals surface area contributed by atoms with E-state index < -0.39 is 0 Å². The second kappa shape index (κ2) is 2.53. The molecule has 0 fully saturated rings. The number of halogens is 1. The Kier molecular flexibility index (Phi) is 1.89. The van der Waals surface area contributed by atoms with Gasteiger partial charge in [0.25, 0.3) is 0 Å². The van der Waals surface area contributed by atoms with Crippen molar-refractivity contribution in [3.8, 4) is 0 Å². The topological polar surface area (TPSA) is 78.1 Å². The zero-order chi connectivity index (χ0) is 7.72. The molecule has 0 heterocycles. The molecule has 0 aliphatic carbocycles. The van der Waals surface area contributed by atoms with Crippen molar-refractivity contribution in [2.24, 2.45) is 0 Å². The second-order valence-electron chi connectivity index (χ2n) is 1.97. The van der Waals surface area contributed by atoms with Crippen molar-refractivity contribution < 1.29 is 0 Å². The summed E-state index contributed by atoms with van der Waals surface area (Å²) in [5, 5.41) is 0. The number of rotatable bonds is 0. The van der Waals surface area contributed by atoms with E-state index in [1.165, 1.54) is 0 Å². The SMILES string of the molecule is Nc1ccc(N)c(I)c1N. The van der Waals surface area contributed by atoms with Crippen LogP contribution >= 0.6 is 22.6 Å². The van der Waals surface area contributed by atoms with Crippen molar-refractivity contribution in [2.75, 3.05) is 17.2 Å². The second-order valence-corrected chi connectivity index (χ2v) is 3.05. The van der Waals surface area contributed by atoms with Crippen LogP contribution in [0.4, 0.5) is 17.1 Å². The van der Waals surface area contributed by atoms with E-state index in [-0.39, 0.29) is 0 Å². The summed E-state index contributed by atoms with van der Waals surface area (Å²) in [5.41, 5.74) is 18.4. The number of anilines is 3. The Morgan fingerprint density at radius 2 is 1.50 bits per heavy atom. The highest BCUT2D eigenvalue weighted by molar-refractivity contribution is 14.1. The van der Waals surface area contributed by atoms with E-state index in [1.54, 1.807) is 12.1 Å². The lowest BCUT2D eigenvalue weighted by molar-refractivity contribution is 1.60. The Balaban J connectivity index is 3.34. The fourth-order valence-corrected chi connectivity index (χ4v) is 1.12. The zero-order valence-corrected chi connectivity index (χ0v) is 7.42. The molecule has 0 radical (unpaired) electrons. The van der Waals surface area contributed by atoms with Crippen LogP contribution in [-0.4, -0.2) is 0 Å². The molecule has 1 aromatic rings. The third kappa shape index (κ3) is 1.11. The van der Waals surface area contributed by atoms with Gasteiger partial charge in [-0.1, -0.05) is 0 Å². The molecule has 1 aromatic carbocycles. The van der Waals surface area contributed by atoms with E-state index >= 15 is 0 Å². The number of nitrogens with two attached hydrogens (primary N) is 3. The van der Waals surface area contributed by atoms with Crippen molar-refractivity contribution in [3.63, 3.8) is 0 Å². The molecule has 0 amide bonds. The maximum Gasteiger partial charge on any atom is 0.0704 e. The molecule has 0 bridgehead atoms. The van der Waals surface area contributed by atoms with Crippen molar-refractivity contribution in [1.82, 2.24) is 0 Å². The molecule has 0 saturated carbocycles. The van der Waals surface area contributed by atoms with Gasteiger partial charge in [-0.2, -0.15) is 0 Å². The van der Waals surface area contributed by atoms with Crippen LogP contribution in [-0.2, 0) is 0 Å². The molecule has 0 spiro atoms. The molecule has 0 saturated heterocycles. The predicted molar refractivity (Wildman–Crippen MR) is 52.4 cm³/mol. The van der Waals surface area contributed by atoms with Crippen LogP contribution in [0.3, 0.4) is 0 Å². The van der Waals surface area contributed by atoms with Gasteiger partial charge in [-0.15, -0.1) is 0 Å². The van der Waals surface area contributed by atoms with Crippen molar-refractivity contribution in [3.05, 3.63) is 15.7 Å². The Morgan fingerprint density at radius 3 is 2.00 bits per heavy atom. The van der Waals surface area contributed by atoms with Crippen LogP contribution in [0.15, 0.2) is 12.1 Å². The summed E-state index contributed by atoms with van der Waals surface area (Å²) in [7, 11) is 0. The van der Waals surface area contributed by atoms with Gasteiger partial charge in [0.1, 0.15) is 0 Å². The van der Waals surface area contributed by atoms with Crippen LogP contribution in [0.25, 0.3) is 0 Å². The molecular formula is C6H8IN3. The lowest BCUT2D eigenvalue weighted by Gasteiger charge is -2.03. The third-order valence-electron chi connectivity index (χ3n) is 1.24. The molecule has 0 aliphatic heterocycles. The minimum atomic E-state index is 0.570. The maximum absolute atomic E-state index is 5.57. The van der Waals surface area contributed by atoms with E-state index in [2.05, 4.69) is 22.6 Å². The summed E-state index contributed by atoms with van der Waals surface area (Å²) < 4.78 is 0.831. The van der Waals surface area contributed by atoms with E-state index in [4.69, 9.17) is 17.2 Å². The number of hydrogen-bond donors (Lipinski definition) is 3. The number of hydrogen-bond acceptors (Lipinski definition) is 3. The first-order chi connectivity index (χ1) is 4.63. The normalized spacial score (nSPS) is 9.70. The minimum Gasteiger partial charge on any atom is -0.398 e. The predicted octanol–water partition coefficient (Wildman–Crippen LogP) is 1.04. The van der Waals surface area contributed by atoms with Crippen LogP contribution in [0.1, 0.15) is 0 Å². The summed E-state index contributed by atoms with van der Waals surface area (Å²) in [5.74, 6) is 0. The van der Waals surface area contributed by atoms with E-state index in [1.807, 2.05) is 0 Å². The van der Waals surface area contributed by atoms with Crippen molar-refractivity contribution in [2.45, 2.75) is 0 Å². The average molecular weight is 249 g/mol. The fraction of sp³-hybridized carbons (Fsp3) is 0. The van der Waals surface area contributed by atoms with Gasteiger partial charge in [0.05, 0.1) is 14.9 Å². The fourth-order valence-electron chi connectivity index (χ4n) is 0.625. The van der Waals surface area contributed by atoms with Gasteiger partial charge in [0.2, 0.25) is 0 Å². The summed E-state index contributed by atoms with van der Waals surface area (Å²) >= 11 is 2.06. The molecule has 0 unspecified atom stereocenters. The summed E-state index contributed by atoms with van der Waals surface area (Å²) in [4.78, 5) is 0. The highest BCUT2D eigenvalue weighted by Crippen LogP contribution is 2.26. The Bertz CT molecular complexity index is 232. The van der Waals surface area contributed by atoms with Crippen LogP contribution < -0.4 is 17.2 Å². The molecule has 1 rings (SSSR count). The summed E-state index contributed by atoms with van der Waals surface area (Å²) in [6.07, 6.45) is 0. The van der Waals surface area contributed by atoms with Crippen LogP contribution in [0, 0.1) is 3.57 Å². The monoisotopic (exact) mass is 249 g/mol. The Hall–Kier alpha value is -0.650. The molecule has 0 atom stereocenters. The number of nitrogen functional groups attached to an aromatic ring is 3. The van der Waals surface area contributed by atoms with E-state index in [0.29, 0.717) is 17.1 Å². The van der Waals surface area contributed by atoms with Crippen LogP contribution in [0.2, 0.25) is 0 Å². The highest BCUT2D eigenvalue weighted by atomic mass is 127. The molecule has 0 aromatic heterocycles. The molecule has 6 N–H and O–H groups in total. The maximum atomic E-state index is 5.57. The molecular weight excluding hydrogens is 241 g/mol. The first-order valence-corrected chi connectivity index (χ1v) is 3.79. The first-order valence-electron chi connectivity index (χ1n) is 2.72. The van der Waals surface area contributed by atoms with Gasteiger partial charge in [-0.05, 0) is 34.7 Å².